The Morgan fingerprint density at radius 3 is 2.88 bits per heavy atom. The average molecular weight is 342 g/mol. The zero-order valence-corrected chi connectivity index (χ0v) is 14.4. The lowest BCUT2D eigenvalue weighted by Gasteiger charge is -2.18. The second kappa shape index (κ2) is 8.12. The van der Waals surface area contributed by atoms with Crippen molar-refractivity contribution in [3.05, 3.63) is 65.5 Å². The van der Waals surface area contributed by atoms with Gasteiger partial charge >= 0.3 is 0 Å². The fourth-order valence-electron chi connectivity index (χ4n) is 3.12. The Hall–Kier alpha value is -2.40. The predicted octanol–water partition coefficient (Wildman–Crippen LogP) is 3.12. The van der Waals surface area contributed by atoms with Gasteiger partial charge in [-0.15, -0.1) is 0 Å². The second-order valence-electron chi connectivity index (χ2n) is 6.23. The van der Waals surface area contributed by atoms with Gasteiger partial charge in [-0.1, -0.05) is 30.3 Å². The topological polar surface area (TPSA) is 41.6 Å². The van der Waals surface area contributed by atoms with E-state index in [0.29, 0.717) is 32.7 Å². The van der Waals surface area contributed by atoms with Crippen LogP contribution >= 0.6 is 0 Å². The van der Waals surface area contributed by atoms with Gasteiger partial charge in [0.1, 0.15) is 11.6 Å². The lowest BCUT2D eigenvalue weighted by atomic mass is 10.1. The van der Waals surface area contributed by atoms with Gasteiger partial charge in [-0.3, -0.25) is 4.79 Å². The first kappa shape index (κ1) is 17.4. The molecule has 2 aromatic rings. The van der Waals surface area contributed by atoms with E-state index in [9.17, 15) is 9.18 Å². The van der Waals surface area contributed by atoms with E-state index in [1.165, 1.54) is 12.1 Å². The molecule has 1 atom stereocenters. The van der Waals surface area contributed by atoms with Crippen LogP contribution in [-0.4, -0.2) is 30.0 Å². The first-order chi connectivity index (χ1) is 12.2. The van der Waals surface area contributed by atoms with Crippen LogP contribution < -0.4 is 10.1 Å². The van der Waals surface area contributed by atoms with E-state index in [1.54, 1.807) is 11.0 Å². The molecule has 4 nitrogen and oxygen atoms in total. The van der Waals surface area contributed by atoms with Crippen molar-refractivity contribution in [3.8, 4) is 5.75 Å². The molecule has 1 saturated heterocycles. The van der Waals surface area contributed by atoms with E-state index < -0.39 is 0 Å². The zero-order chi connectivity index (χ0) is 17.6. The van der Waals surface area contributed by atoms with Crippen LogP contribution in [0.15, 0.2) is 48.5 Å². The van der Waals surface area contributed by atoms with Crippen molar-refractivity contribution in [2.24, 2.45) is 0 Å². The Labute approximate surface area is 147 Å². The summed E-state index contributed by atoms with van der Waals surface area (Å²) in [5.41, 5.74) is 1.90. The van der Waals surface area contributed by atoms with E-state index in [0.717, 1.165) is 16.9 Å². The molecule has 132 valence electrons. The highest BCUT2D eigenvalue weighted by atomic mass is 19.1. The maximum Gasteiger partial charge on any atom is 0.224 e. The lowest BCUT2D eigenvalue weighted by molar-refractivity contribution is -0.128. The molecule has 0 aromatic heterocycles. The average Bonchev–Trinajstić information content (AvgIpc) is 2.94. The molecule has 3 rings (SSSR count). The van der Waals surface area contributed by atoms with Gasteiger partial charge in [-0.25, -0.2) is 4.39 Å². The second-order valence-corrected chi connectivity index (χ2v) is 6.23. The third kappa shape index (κ3) is 4.57. The highest BCUT2D eigenvalue weighted by Gasteiger charge is 2.29. The van der Waals surface area contributed by atoms with Crippen molar-refractivity contribution in [2.45, 2.75) is 32.5 Å². The number of halogens is 1. The van der Waals surface area contributed by atoms with E-state index in [4.69, 9.17) is 4.74 Å². The number of carbonyl (C=O) groups excluding carboxylic acids is 1. The van der Waals surface area contributed by atoms with Gasteiger partial charge in [0.25, 0.3) is 0 Å². The van der Waals surface area contributed by atoms with Crippen molar-refractivity contribution in [2.75, 3.05) is 13.2 Å². The van der Waals surface area contributed by atoms with Gasteiger partial charge in [0, 0.05) is 37.7 Å². The largest absolute Gasteiger partial charge is 0.494 e. The Kier molecular flexibility index (Phi) is 5.66. The number of benzene rings is 2. The number of likely N-dealkylation sites (tertiary alicyclic amines) is 1. The molecule has 25 heavy (non-hydrogen) atoms. The smallest absolute Gasteiger partial charge is 0.224 e. The third-order valence-electron chi connectivity index (χ3n) is 4.33. The van der Waals surface area contributed by atoms with Crippen LogP contribution in [0.3, 0.4) is 0 Å². The fraction of sp³-hybridized carbons (Fsp3) is 0.350. The van der Waals surface area contributed by atoms with Crippen LogP contribution in [0, 0.1) is 5.82 Å². The highest BCUT2D eigenvalue weighted by molar-refractivity contribution is 5.79. The summed E-state index contributed by atoms with van der Waals surface area (Å²) < 4.78 is 18.9. The first-order valence-electron chi connectivity index (χ1n) is 8.62. The summed E-state index contributed by atoms with van der Waals surface area (Å²) in [7, 11) is 0. The Balaban J connectivity index is 1.56. The molecule has 1 N–H and O–H groups in total. The van der Waals surface area contributed by atoms with Gasteiger partial charge in [0.15, 0.2) is 0 Å². The molecule has 0 spiro atoms. The standard InChI is InChI=1S/C20H23FN2O2/c1-2-25-19-9-4-3-7-16(19)12-22-18-11-20(24)23(14-18)13-15-6-5-8-17(21)10-15/h3-10,18,22H,2,11-14H2,1H3/t18-/m0/s1. The number of nitrogens with zero attached hydrogens (tertiary/aromatic N) is 1. The normalized spacial score (nSPS) is 17.1. The minimum Gasteiger partial charge on any atom is -0.494 e. The fourth-order valence-corrected chi connectivity index (χ4v) is 3.12. The Morgan fingerprint density at radius 2 is 2.08 bits per heavy atom. The molecule has 0 saturated carbocycles. The molecular weight excluding hydrogens is 319 g/mol. The van der Waals surface area contributed by atoms with E-state index in [2.05, 4.69) is 5.32 Å². The summed E-state index contributed by atoms with van der Waals surface area (Å²) in [5.74, 6) is 0.699. The van der Waals surface area contributed by atoms with Gasteiger partial charge < -0.3 is 15.0 Å². The molecule has 1 aliphatic rings. The monoisotopic (exact) mass is 342 g/mol. The number of carbonyl (C=O) groups is 1. The molecule has 0 bridgehead atoms. The molecule has 0 radical (unpaired) electrons. The maximum absolute atomic E-state index is 13.3. The van der Waals surface area contributed by atoms with Crippen LogP contribution in [0.4, 0.5) is 4.39 Å². The number of amides is 1. The molecular formula is C20H23FN2O2. The van der Waals surface area contributed by atoms with Gasteiger partial charge in [-0.05, 0) is 30.7 Å². The molecule has 1 aliphatic heterocycles. The van der Waals surface area contributed by atoms with Crippen LogP contribution in [-0.2, 0) is 17.9 Å². The Bertz CT molecular complexity index is 735. The quantitative estimate of drug-likeness (QED) is 0.841. The van der Waals surface area contributed by atoms with Gasteiger partial charge in [0.2, 0.25) is 5.91 Å². The summed E-state index contributed by atoms with van der Waals surface area (Å²) in [5, 5.41) is 3.44. The van der Waals surface area contributed by atoms with E-state index in [-0.39, 0.29) is 17.8 Å². The van der Waals surface area contributed by atoms with Crippen molar-refractivity contribution < 1.29 is 13.9 Å². The van der Waals surface area contributed by atoms with Crippen LogP contribution in [0.2, 0.25) is 0 Å². The van der Waals surface area contributed by atoms with Gasteiger partial charge in [-0.2, -0.15) is 0 Å². The number of hydrogen-bond acceptors (Lipinski definition) is 3. The predicted molar refractivity (Wildman–Crippen MR) is 94.7 cm³/mol. The first-order valence-corrected chi connectivity index (χ1v) is 8.62. The van der Waals surface area contributed by atoms with Crippen molar-refractivity contribution in [1.82, 2.24) is 10.2 Å². The number of hydrogen-bond donors (Lipinski definition) is 1. The summed E-state index contributed by atoms with van der Waals surface area (Å²) in [4.78, 5) is 14.0. The van der Waals surface area contributed by atoms with Crippen LogP contribution in [0.5, 0.6) is 5.75 Å². The van der Waals surface area contributed by atoms with Crippen molar-refractivity contribution in [1.29, 1.82) is 0 Å². The molecule has 2 aromatic carbocycles. The molecule has 1 heterocycles. The van der Waals surface area contributed by atoms with E-state index >= 15 is 0 Å². The zero-order valence-electron chi connectivity index (χ0n) is 14.4. The lowest BCUT2D eigenvalue weighted by Crippen LogP contribution is -2.32. The van der Waals surface area contributed by atoms with Crippen molar-refractivity contribution >= 4 is 5.91 Å². The van der Waals surface area contributed by atoms with E-state index in [1.807, 2.05) is 37.3 Å². The van der Waals surface area contributed by atoms with Crippen LogP contribution in [0.25, 0.3) is 0 Å². The minimum absolute atomic E-state index is 0.0933. The Morgan fingerprint density at radius 1 is 1.24 bits per heavy atom. The minimum atomic E-state index is -0.272. The van der Waals surface area contributed by atoms with Crippen LogP contribution in [0.1, 0.15) is 24.5 Å². The maximum atomic E-state index is 13.3. The number of para-hydroxylation sites is 1. The molecule has 1 amide bonds. The van der Waals surface area contributed by atoms with Gasteiger partial charge in [0.05, 0.1) is 6.61 Å². The number of rotatable bonds is 7. The molecule has 0 unspecified atom stereocenters. The molecule has 0 aliphatic carbocycles. The number of ether oxygens (including phenoxy) is 1. The summed E-state index contributed by atoms with van der Waals surface area (Å²) in [6.45, 7) is 4.32. The third-order valence-corrected chi connectivity index (χ3v) is 4.33. The summed E-state index contributed by atoms with van der Waals surface area (Å²) in [6, 6.07) is 14.4. The van der Waals surface area contributed by atoms with Crippen molar-refractivity contribution in [3.63, 3.8) is 0 Å². The molecule has 1 fully saturated rings. The summed E-state index contributed by atoms with van der Waals surface area (Å²) in [6.07, 6.45) is 0.464. The molecule has 5 heteroatoms. The number of nitrogens with one attached hydrogen (secondary N) is 1. The SMILES string of the molecule is CCOc1ccccc1CN[C@H]1CC(=O)N(Cc2cccc(F)c2)C1. The summed E-state index contributed by atoms with van der Waals surface area (Å²) >= 11 is 0. The highest BCUT2D eigenvalue weighted by Crippen LogP contribution is 2.20.